The summed E-state index contributed by atoms with van der Waals surface area (Å²) >= 11 is 0. The predicted molar refractivity (Wildman–Crippen MR) is 66.6 cm³/mol. The molecule has 0 saturated carbocycles. The van der Waals surface area contributed by atoms with E-state index < -0.39 is 5.97 Å². The molecule has 0 spiro atoms. The van der Waals surface area contributed by atoms with Gasteiger partial charge in [-0.3, -0.25) is 4.79 Å². The minimum atomic E-state index is -0.691. The second-order valence-electron chi connectivity index (χ2n) is 3.85. The molecule has 0 aliphatic rings. The van der Waals surface area contributed by atoms with Gasteiger partial charge in [-0.25, -0.2) is 0 Å². The summed E-state index contributed by atoms with van der Waals surface area (Å²) in [5.41, 5.74) is 5.33. The summed E-state index contributed by atoms with van der Waals surface area (Å²) in [6, 6.07) is 0. The van der Waals surface area contributed by atoms with Crippen LogP contribution in [0.5, 0.6) is 0 Å². The van der Waals surface area contributed by atoms with E-state index in [0.717, 1.165) is 51.9 Å². The summed E-state index contributed by atoms with van der Waals surface area (Å²) in [5, 5.41) is 15.0. The number of rotatable bonds is 12. The molecule has 5 nitrogen and oxygen atoms in total. The van der Waals surface area contributed by atoms with E-state index >= 15 is 0 Å². The first-order valence-electron chi connectivity index (χ1n) is 6.10. The van der Waals surface area contributed by atoms with Gasteiger partial charge in [0.25, 0.3) is 0 Å². The predicted octanol–water partition coefficient (Wildman–Crippen LogP) is -2.72. The third kappa shape index (κ3) is 18.9. The first-order chi connectivity index (χ1) is 7.77. The van der Waals surface area contributed by atoms with E-state index in [1.54, 1.807) is 0 Å². The Labute approximate surface area is 128 Å². The number of hydrogen-bond donors (Lipinski definition) is 4. The van der Waals surface area contributed by atoms with Crippen molar-refractivity contribution < 1.29 is 40.9 Å². The summed E-state index contributed by atoms with van der Waals surface area (Å²) < 4.78 is 0. The maximum Gasteiger partial charge on any atom is 1.00 e. The fourth-order valence-corrected chi connectivity index (χ4v) is 1.41. The zero-order chi connectivity index (χ0) is 12.1. The van der Waals surface area contributed by atoms with E-state index in [-0.39, 0.29) is 31.0 Å². The fourth-order valence-electron chi connectivity index (χ4n) is 1.41. The van der Waals surface area contributed by atoms with Gasteiger partial charge in [0.1, 0.15) is 0 Å². The Kier molecular flexibility index (Phi) is 18.9. The topological polar surface area (TPSA) is 87.4 Å². The molecule has 0 aliphatic heterocycles. The van der Waals surface area contributed by atoms with Crippen molar-refractivity contribution in [2.45, 2.75) is 32.1 Å². The monoisotopic (exact) mass is 255 g/mol. The van der Waals surface area contributed by atoms with Gasteiger partial charge in [0.2, 0.25) is 0 Å². The second kappa shape index (κ2) is 16.4. The van der Waals surface area contributed by atoms with Crippen molar-refractivity contribution in [1.82, 2.24) is 10.6 Å². The summed E-state index contributed by atoms with van der Waals surface area (Å²) in [7, 11) is 0. The Morgan fingerprint density at radius 1 is 1.00 bits per heavy atom. The van der Waals surface area contributed by atoms with Crippen LogP contribution in [0.3, 0.4) is 0 Å². The van der Waals surface area contributed by atoms with Crippen LogP contribution >= 0.6 is 0 Å². The van der Waals surface area contributed by atoms with Crippen LogP contribution in [0.4, 0.5) is 0 Å². The van der Waals surface area contributed by atoms with Gasteiger partial charge >= 0.3 is 35.5 Å². The normalized spacial score (nSPS) is 9.94. The van der Waals surface area contributed by atoms with Crippen molar-refractivity contribution in [2.24, 2.45) is 5.73 Å². The number of unbranched alkanes of at least 4 members (excludes halogenated alkanes) is 3. The number of nitrogens with two attached hydrogens (primary N) is 1. The van der Waals surface area contributed by atoms with Gasteiger partial charge in [-0.15, -0.1) is 0 Å². The first-order valence-corrected chi connectivity index (χ1v) is 6.10. The summed E-state index contributed by atoms with van der Waals surface area (Å²) in [5.74, 6) is -0.691. The molecule has 0 fully saturated rings. The molecule has 6 heteroatoms. The van der Waals surface area contributed by atoms with Crippen molar-refractivity contribution in [1.29, 1.82) is 0 Å². The molecule has 0 amide bonds. The number of hydrogen-bond acceptors (Lipinski definition) is 4. The van der Waals surface area contributed by atoms with Crippen LogP contribution in [0.15, 0.2) is 0 Å². The number of carboxylic acids is 1. The van der Waals surface area contributed by atoms with E-state index in [1.807, 2.05) is 0 Å². The van der Waals surface area contributed by atoms with Crippen LogP contribution in [-0.2, 0) is 4.79 Å². The van der Waals surface area contributed by atoms with Gasteiger partial charge in [-0.1, -0.05) is 12.8 Å². The largest absolute Gasteiger partial charge is 1.00 e. The van der Waals surface area contributed by atoms with Crippen LogP contribution in [0.1, 0.15) is 33.5 Å². The summed E-state index contributed by atoms with van der Waals surface area (Å²) in [6.07, 6.45) is 4.34. The molecule has 0 aromatic carbocycles. The quantitative estimate of drug-likeness (QED) is 0.225. The molecule has 98 valence electrons. The molecule has 0 unspecified atom stereocenters. The van der Waals surface area contributed by atoms with Gasteiger partial charge in [0.05, 0.1) is 0 Å². The molecule has 0 bridgehead atoms. The average Bonchev–Trinajstić information content (AvgIpc) is 2.25. The van der Waals surface area contributed by atoms with E-state index in [4.69, 9.17) is 10.8 Å². The number of aliphatic carboxylic acids is 1. The third-order valence-corrected chi connectivity index (χ3v) is 2.29. The number of carbonyl (C=O) groups is 1. The van der Waals surface area contributed by atoms with Crippen molar-refractivity contribution in [3.63, 3.8) is 0 Å². The van der Waals surface area contributed by atoms with Crippen LogP contribution in [-0.4, -0.2) is 43.8 Å². The van der Waals surface area contributed by atoms with E-state index in [1.165, 1.54) is 0 Å². The van der Waals surface area contributed by atoms with Crippen molar-refractivity contribution >= 4 is 5.97 Å². The van der Waals surface area contributed by atoms with Crippen LogP contribution in [0.25, 0.3) is 0 Å². The van der Waals surface area contributed by atoms with Crippen LogP contribution < -0.4 is 45.9 Å². The molecular weight excluding hydrogens is 229 g/mol. The molecule has 0 aromatic rings. The zero-order valence-electron chi connectivity index (χ0n) is 12.0. The second-order valence-corrected chi connectivity index (χ2v) is 3.85. The van der Waals surface area contributed by atoms with E-state index in [2.05, 4.69) is 10.6 Å². The van der Waals surface area contributed by atoms with E-state index in [9.17, 15) is 4.79 Å². The Hall–Kier alpha value is 0.350. The fraction of sp³-hybridized carbons (Fsp3) is 0.909. The zero-order valence-corrected chi connectivity index (χ0v) is 13.0. The SMILES string of the molecule is NCCNCCNCCCCCCC(=O)O.[H-].[Na+]. The Balaban J connectivity index is -0.00000112. The smallest absolute Gasteiger partial charge is 1.00 e. The maximum absolute atomic E-state index is 10.2. The number of nitrogens with one attached hydrogen (secondary N) is 2. The molecule has 0 saturated heterocycles. The molecule has 0 aliphatic carbocycles. The third-order valence-electron chi connectivity index (χ3n) is 2.29. The van der Waals surface area contributed by atoms with E-state index in [0.29, 0.717) is 13.0 Å². The Morgan fingerprint density at radius 3 is 2.18 bits per heavy atom. The molecule has 5 N–H and O–H groups in total. The summed E-state index contributed by atoms with van der Waals surface area (Å²) in [4.78, 5) is 10.2. The summed E-state index contributed by atoms with van der Waals surface area (Å²) in [6.45, 7) is 4.49. The molecule has 0 heterocycles. The van der Waals surface area contributed by atoms with Crippen molar-refractivity contribution in [3.8, 4) is 0 Å². The Morgan fingerprint density at radius 2 is 1.59 bits per heavy atom. The first kappa shape index (κ1) is 19.7. The van der Waals surface area contributed by atoms with Crippen molar-refractivity contribution in [2.75, 3.05) is 32.7 Å². The van der Waals surface area contributed by atoms with Crippen LogP contribution in [0, 0.1) is 0 Å². The standard InChI is InChI=1S/C11H25N3O2.Na.H/c12-6-8-14-10-9-13-7-4-2-1-3-5-11(15)16;;/h13-14H,1-10,12H2,(H,15,16);;/q;+1;-1. The minimum absolute atomic E-state index is 0. The number of carboxylic acid groups (broad SMARTS) is 1. The van der Waals surface area contributed by atoms with Gasteiger partial charge in [-0.05, 0) is 19.4 Å². The molecule has 0 atom stereocenters. The Bertz CT molecular complexity index is 176. The van der Waals surface area contributed by atoms with Gasteiger partial charge in [0.15, 0.2) is 0 Å². The maximum atomic E-state index is 10.2. The van der Waals surface area contributed by atoms with Crippen LogP contribution in [0.2, 0.25) is 0 Å². The minimum Gasteiger partial charge on any atom is -1.00 e. The molecule has 0 radical (unpaired) electrons. The van der Waals surface area contributed by atoms with Gasteiger partial charge in [-0.2, -0.15) is 0 Å². The average molecular weight is 255 g/mol. The van der Waals surface area contributed by atoms with Gasteiger partial charge < -0.3 is 22.9 Å². The molecule has 17 heavy (non-hydrogen) atoms. The van der Waals surface area contributed by atoms with Gasteiger partial charge in [0, 0.05) is 32.6 Å². The molecule has 0 rings (SSSR count). The molecular formula is C11H26N3NaO2. The van der Waals surface area contributed by atoms with Crippen molar-refractivity contribution in [3.05, 3.63) is 0 Å². The molecule has 0 aromatic heterocycles.